The maximum absolute atomic E-state index is 3.88. The van der Waals surface area contributed by atoms with Gasteiger partial charge in [-0.3, -0.25) is 0 Å². The molecule has 2 radical (unpaired) electrons. The van der Waals surface area contributed by atoms with Gasteiger partial charge < -0.3 is 0 Å². The monoisotopic (exact) mass is 250 g/mol. The lowest BCUT2D eigenvalue weighted by Gasteiger charge is -2.01. The molecule has 0 unspecified atom stereocenters. The first-order chi connectivity index (χ1) is 8.91. The summed E-state index contributed by atoms with van der Waals surface area (Å²) in [5.41, 5.74) is 0. The van der Waals surface area contributed by atoms with Gasteiger partial charge in [0.05, 0.1) is 0 Å². The van der Waals surface area contributed by atoms with Gasteiger partial charge in [-0.05, 0) is 25.7 Å². The van der Waals surface area contributed by atoms with Crippen molar-refractivity contribution in [2.75, 3.05) is 0 Å². The van der Waals surface area contributed by atoms with E-state index in [0.717, 1.165) is 19.3 Å². The Bertz CT molecular complexity index is 157. The third-order valence-electron chi connectivity index (χ3n) is 3.41. The smallest absolute Gasteiger partial charge is 0.0351 e. The van der Waals surface area contributed by atoms with Crippen LogP contribution in [-0.2, 0) is 0 Å². The first-order valence-electron chi connectivity index (χ1n) is 8.15. The number of unbranched alkanes of at least 4 members (excludes halogenated alkanes) is 12. The van der Waals surface area contributed by atoms with E-state index in [4.69, 9.17) is 0 Å². The van der Waals surface area contributed by atoms with E-state index in [2.05, 4.69) is 26.0 Å². The van der Waals surface area contributed by atoms with Gasteiger partial charge in [0, 0.05) is 0 Å². The molecule has 106 valence electrons. The minimum Gasteiger partial charge on any atom is -0.0885 e. The van der Waals surface area contributed by atoms with Crippen LogP contribution in [-0.4, -0.2) is 0 Å². The van der Waals surface area contributed by atoms with Crippen molar-refractivity contribution >= 4 is 0 Å². The van der Waals surface area contributed by atoms with Crippen LogP contribution in [0.25, 0.3) is 0 Å². The molecule has 0 aliphatic heterocycles. The quantitative estimate of drug-likeness (QED) is 0.238. The highest BCUT2D eigenvalue weighted by atomic mass is 14.0. The number of hydrogen-bond acceptors (Lipinski definition) is 0. The lowest BCUT2D eigenvalue weighted by Crippen LogP contribution is -1.82. The number of hydrogen-bond donors (Lipinski definition) is 0. The van der Waals surface area contributed by atoms with E-state index in [1.807, 2.05) is 0 Å². The van der Waals surface area contributed by atoms with Gasteiger partial charge in [0.2, 0.25) is 0 Å². The largest absolute Gasteiger partial charge is 0.0885 e. The van der Waals surface area contributed by atoms with Crippen molar-refractivity contribution in [1.82, 2.24) is 0 Å². The second-order valence-corrected chi connectivity index (χ2v) is 5.29. The van der Waals surface area contributed by atoms with Crippen LogP contribution < -0.4 is 0 Å². The molecular weight excluding hydrogens is 216 g/mol. The predicted octanol–water partition coefficient (Wildman–Crippen LogP) is 6.67. The van der Waals surface area contributed by atoms with Gasteiger partial charge >= 0.3 is 0 Å². The number of rotatable bonds is 14. The topological polar surface area (TPSA) is 0 Å². The first kappa shape index (κ1) is 17.7. The van der Waals surface area contributed by atoms with Crippen molar-refractivity contribution < 1.29 is 0 Å². The molecule has 0 bridgehead atoms. The molecule has 0 saturated carbocycles. The van der Waals surface area contributed by atoms with Gasteiger partial charge in [0.1, 0.15) is 0 Å². The number of allylic oxidation sites excluding steroid dienone is 2. The zero-order chi connectivity index (χ0) is 13.3. The predicted molar refractivity (Wildman–Crippen MR) is 84.5 cm³/mol. The van der Waals surface area contributed by atoms with Crippen LogP contribution in [0.1, 0.15) is 89.9 Å². The highest BCUT2D eigenvalue weighted by molar-refractivity contribution is 4.81. The second kappa shape index (κ2) is 16.7. The van der Waals surface area contributed by atoms with Crippen LogP contribution in [0.3, 0.4) is 0 Å². The molecule has 0 N–H and O–H groups in total. The molecule has 0 fully saturated rings. The average molecular weight is 250 g/mol. The normalized spacial score (nSPS) is 11.4. The fraction of sp³-hybridized carbons (Fsp3) is 0.778. The van der Waals surface area contributed by atoms with Gasteiger partial charge in [-0.2, -0.15) is 0 Å². The summed E-state index contributed by atoms with van der Waals surface area (Å²) in [6.45, 7) is 7.71. The lowest BCUT2D eigenvalue weighted by molar-refractivity contribution is 0.553. The molecule has 0 aromatic rings. The Balaban J connectivity index is 2.94. The summed E-state index contributed by atoms with van der Waals surface area (Å²) >= 11 is 0. The minimum atomic E-state index is 1.03. The van der Waals surface area contributed by atoms with E-state index in [1.54, 1.807) is 0 Å². The van der Waals surface area contributed by atoms with Crippen LogP contribution in [0.2, 0.25) is 0 Å². The van der Waals surface area contributed by atoms with Crippen molar-refractivity contribution in [2.24, 2.45) is 0 Å². The van der Waals surface area contributed by atoms with E-state index in [0.29, 0.717) is 0 Å². The van der Waals surface area contributed by atoms with E-state index in [-0.39, 0.29) is 0 Å². The molecule has 0 aromatic heterocycles. The van der Waals surface area contributed by atoms with E-state index in [1.165, 1.54) is 70.6 Å². The molecular formula is C18H34. The van der Waals surface area contributed by atoms with E-state index < -0.39 is 0 Å². The zero-order valence-electron chi connectivity index (χ0n) is 12.5. The zero-order valence-corrected chi connectivity index (χ0v) is 12.5. The first-order valence-corrected chi connectivity index (χ1v) is 8.15. The van der Waals surface area contributed by atoms with E-state index >= 15 is 0 Å². The van der Waals surface area contributed by atoms with Crippen molar-refractivity contribution in [3.8, 4) is 0 Å². The van der Waals surface area contributed by atoms with Gasteiger partial charge in [0.15, 0.2) is 0 Å². The van der Waals surface area contributed by atoms with Crippen LogP contribution in [0.4, 0.5) is 0 Å². The van der Waals surface area contributed by atoms with Crippen LogP contribution >= 0.6 is 0 Å². The van der Waals surface area contributed by atoms with Crippen molar-refractivity contribution in [3.05, 3.63) is 26.0 Å². The van der Waals surface area contributed by atoms with Crippen LogP contribution in [0.5, 0.6) is 0 Å². The summed E-state index contributed by atoms with van der Waals surface area (Å²) in [4.78, 5) is 0. The standard InChI is InChI=1S/C18H34/c1-3-5-7-9-11-13-15-17-18-16-14-12-10-8-6-4-2/h7,9H,1-6,8,10-18H2/b9-7+. The fourth-order valence-corrected chi connectivity index (χ4v) is 2.21. The van der Waals surface area contributed by atoms with Crippen molar-refractivity contribution in [3.63, 3.8) is 0 Å². The lowest BCUT2D eigenvalue weighted by atomic mass is 10.1. The fourth-order valence-electron chi connectivity index (χ4n) is 2.21. The summed E-state index contributed by atoms with van der Waals surface area (Å²) in [5, 5.41) is 0. The maximum Gasteiger partial charge on any atom is -0.0351 e. The van der Waals surface area contributed by atoms with Crippen LogP contribution in [0, 0.1) is 13.8 Å². The molecule has 0 aliphatic carbocycles. The molecule has 0 atom stereocenters. The minimum absolute atomic E-state index is 1.03. The summed E-state index contributed by atoms with van der Waals surface area (Å²) in [6.07, 6.45) is 23.3. The van der Waals surface area contributed by atoms with E-state index in [9.17, 15) is 0 Å². The third kappa shape index (κ3) is 15.7. The molecule has 18 heavy (non-hydrogen) atoms. The SMILES string of the molecule is [CH2]CC/C=C/CCCCCCCCCCCC[CH2]. The van der Waals surface area contributed by atoms with Gasteiger partial charge in [-0.1, -0.05) is 90.2 Å². The highest BCUT2D eigenvalue weighted by Crippen LogP contribution is 2.12. The molecule has 0 rings (SSSR count). The highest BCUT2D eigenvalue weighted by Gasteiger charge is 1.92. The van der Waals surface area contributed by atoms with Gasteiger partial charge in [-0.25, -0.2) is 0 Å². The summed E-state index contributed by atoms with van der Waals surface area (Å²) < 4.78 is 0. The summed E-state index contributed by atoms with van der Waals surface area (Å²) in [5.74, 6) is 0. The Morgan fingerprint density at radius 3 is 1.39 bits per heavy atom. The Kier molecular flexibility index (Phi) is 16.5. The Morgan fingerprint density at radius 1 is 0.444 bits per heavy atom. The Hall–Kier alpha value is -0.260. The molecule has 0 nitrogen and oxygen atoms in total. The van der Waals surface area contributed by atoms with Gasteiger partial charge in [-0.15, -0.1) is 0 Å². The Labute approximate surface area is 116 Å². The molecule has 0 saturated heterocycles. The van der Waals surface area contributed by atoms with Crippen LogP contribution in [0.15, 0.2) is 12.2 Å². The summed E-state index contributed by atoms with van der Waals surface area (Å²) in [7, 11) is 0. The molecule has 0 spiro atoms. The molecule has 0 heteroatoms. The second-order valence-electron chi connectivity index (χ2n) is 5.29. The molecule has 0 aromatic carbocycles. The van der Waals surface area contributed by atoms with Crippen molar-refractivity contribution in [1.29, 1.82) is 0 Å². The van der Waals surface area contributed by atoms with Crippen molar-refractivity contribution in [2.45, 2.75) is 89.9 Å². The molecule has 0 aliphatic rings. The third-order valence-corrected chi connectivity index (χ3v) is 3.41. The molecule has 0 heterocycles. The van der Waals surface area contributed by atoms with Gasteiger partial charge in [0.25, 0.3) is 0 Å². The maximum atomic E-state index is 3.88. The summed E-state index contributed by atoms with van der Waals surface area (Å²) in [6, 6.07) is 0. The Morgan fingerprint density at radius 2 is 0.889 bits per heavy atom. The molecule has 0 amide bonds. The average Bonchev–Trinajstić information content (AvgIpc) is 2.39.